The average molecular weight is 207 g/mol. The van der Waals surface area contributed by atoms with Gasteiger partial charge in [-0.15, -0.1) is 0 Å². The van der Waals surface area contributed by atoms with Crippen molar-refractivity contribution < 1.29 is 8.91 Å². The number of hydrogen-bond donors (Lipinski definition) is 1. The minimum atomic E-state index is -0.210. The molecular formula is C10H10FN3O. The highest BCUT2D eigenvalue weighted by Gasteiger charge is 2.01. The molecule has 1 aromatic carbocycles. The molecule has 0 saturated carbocycles. The molecule has 78 valence electrons. The molecule has 0 saturated heterocycles. The van der Waals surface area contributed by atoms with Crippen molar-refractivity contribution >= 4 is 0 Å². The molecule has 0 atom stereocenters. The Morgan fingerprint density at radius 2 is 2.13 bits per heavy atom. The standard InChI is InChI=1S/C10H10FN3O/c11-9-4-2-1-3-8(9)5-12-6-10-13-7-15-14-10/h1-4,7,12H,5-6H2. The fraction of sp³-hybridized carbons (Fsp3) is 0.200. The van der Waals surface area contributed by atoms with Crippen LogP contribution in [0.3, 0.4) is 0 Å². The predicted molar refractivity (Wildman–Crippen MR) is 51.2 cm³/mol. The number of rotatable bonds is 4. The molecule has 0 fully saturated rings. The first-order valence-electron chi connectivity index (χ1n) is 4.55. The van der Waals surface area contributed by atoms with Gasteiger partial charge in [-0.2, -0.15) is 4.98 Å². The molecule has 0 spiro atoms. The molecule has 2 rings (SSSR count). The Hall–Kier alpha value is -1.75. The molecule has 0 aliphatic carbocycles. The molecule has 1 aromatic heterocycles. The number of aromatic nitrogens is 2. The van der Waals surface area contributed by atoms with Crippen LogP contribution < -0.4 is 5.32 Å². The largest absolute Gasteiger partial charge is 0.343 e. The molecule has 0 amide bonds. The fourth-order valence-corrected chi connectivity index (χ4v) is 1.22. The van der Waals surface area contributed by atoms with Crippen molar-refractivity contribution in [2.75, 3.05) is 0 Å². The maximum atomic E-state index is 13.2. The van der Waals surface area contributed by atoms with Crippen LogP contribution in [0.1, 0.15) is 11.4 Å². The van der Waals surface area contributed by atoms with E-state index in [0.717, 1.165) is 0 Å². The van der Waals surface area contributed by atoms with Gasteiger partial charge in [0.1, 0.15) is 5.82 Å². The van der Waals surface area contributed by atoms with Crippen LogP contribution in [0.5, 0.6) is 0 Å². The van der Waals surface area contributed by atoms with E-state index in [1.807, 2.05) is 0 Å². The maximum Gasteiger partial charge on any atom is 0.213 e. The Morgan fingerprint density at radius 3 is 2.87 bits per heavy atom. The Labute approximate surface area is 86.1 Å². The van der Waals surface area contributed by atoms with Crippen LogP contribution in [0.4, 0.5) is 4.39 Å². The monoisotopic (exact) mass is 207 g/mol. The third-order valence-corrected chi connectivity index (χ3v) is 1.96. The van der Waals surface area contributed by atoms with E-state index < -0.39 is 0 Å². The van der Waals surface area contributed by atoms with Crippen LogP contribution in [0, 0.1) is 5.82 Å². The molecule has 5 heteroatoms. The highest BCUT2D eigenvalue weighted by molar-refractivity contribution is 5.16. The topological polar surface area (TPSA) is 51.0 Å². The van der Waals surface area contributed by atoms with Gasteiger partial charge in [-0.1, -0.05) is 23.4 Å². The first-order chi connectivity index (χ1) is 7.36. The van der Waals surface area contributed by atoms with Gasteiger partial charge >= 0.3 is 0 Å². The van der Waals surface area contributed by atoms with E-state index in [-0.39, 0.29) is 5.82 Å². The van der Waals surface area contributed by atoms with Crippen LogP contribution in [-0.4, -0.2) is 10.1 Å². The van der Waals surface area contributed by atoms with Gasteiger partial charge in [0, 0.05) is 12.1 Å². The predicted octanol–water partition coefficient (Wildman–Crippen LogP) is 1.50. The zero-order valence-electron chi connectivity index (χ0n) is 7.98. The summed E-state index contributed by atoms with van der Waals surface area (Å²) in [6.45, 7) is 0.909. The van der Waals surface area contributed by atoms with Crippen molar-refractivity contribution in [3.8, 4) is 0 Å². The van der Waals surface area contributed by atoms with Crippen molar-refractivity contribution in [2.45, 2.75) is 13.1 Å². The van der Waals surface area contributed by atoms with E-state index in [4.69, 9.17) is 0 Å². The van der Waals surface area contributed by atoms with Gasteiger partial charge in [0.2, 0.25) is 6.39 Å². The molecule has 1 N–H and O–H groups in total. The fourth-order valence-electron chi connectivity index (χ4n) is 1.22. The summed E-state index contributed by atoms with van der Waals surface area (Å²) in [6.07, 6.45) is 1.26. The molecule has 0 radical (unpaired) electrons. The molecule has 1 heterocycles. The lowest BCUT2D eigenvalue weighted by molar-refractivity contribution is 0.407. The van der Waals surface area contributed by atoms with Crippen LogP contribution in [0.25, 0.3) is 0 Å². The summed E-state index contributed by atoms with van der Waals surface area (Å²) in [5, 5.41) is 6.65. The van der Waals surface area contributed by atoms with Gasteiger partial charge in [-0.05, 0) is 6.07 Å². The number of hydrogen-bond acceptors (Lipinski definition) is 4. The van der Waals surface area contributed by atoms with Crippen LogP contribution >= 0.6 is 0 Å². The zero-order chi connectivity index (χ0) is 10.5. The van der Waals surface area contributed by atoms with Crippen LogP contribution in [0.2, 0.25) is 0 Å². The molecule has 0 aliphatic rings. The summed E-state index contributed by atoms with van der Waals surface area (Å²) in [5.74, 6) is 0.351. The van der Waals surface area contributed by atoms with E-state index >= 15 is 0 Å². The van der Waals surface area contributed by atoms with E-state index in [2.05, 4.69) is 20.0 Å². The molecular weight excluding hydrogens is 197 g/mol. The second kappa shape index (κ2) is 4.65. The summed E-state index contributed by atoms with van der Waals surface area (Å²) in [7, 11) is 0. The van der Waals surface area contributed by atoms with Crippen molar-refractivity contribution in [3.63, 3.8) is 0 Å². The van der Waals surface area contributed by atoms with E-state index in [1.54, 1.807) is 18.2 Å². The first kappa shape index (κ1) is 9.79. The molecule has 0 aliphatic heterocycles. The van der Waals surface area contributed by atoms with Gasteiger partial charge in [-0.3, -0.25) is 0 Å². The summed E-state index contributed by atoms with van der Waals surface area (Å²) < 4.78 is 17.7. The van der Waals surface area contributed by atoms with Crippen LogP contribution in [0.15, 0.2) is 35.2 Å². The van der Waals surface area contributed by atoms with Gasteiger partial charge in [-0.25, -0.2) is 4.39 Å². The van der Waals surface area contributed by atoms with Crippen molar-refractivity contribution in [1.29, 1.82) is 0 Å². The van der Waals surface area contributed by atoms with E-state index in [1.165, 1.54) is 12.5 Å². The summed E-state index contributed by atoms with van der Waals surface area (Å²) in [4.78, 5) is 3.84. The lowest BCUT2D eigenvalue weighted by atomic mass is 10.2. The SMILES string of the molecule is Fc1ccccc1CNCc1ncon1. The molecule has 2 aromatic rings. The number of nitrogens with one attached hydrogen (secondary N) is 1. The second-order valence-electron chi connectivity index (χ2n) is 3.04. The highest BCUT2D eigenvalue weighted by Crippen LogP contribution is 2.05. The van der Waals surface area contributed by atoms with Gasteiger partial charge in [0.15, 0.2) is 5.82 Å². The zero-order valence-corrected chi connectivity index (χ0v) is 7.98. The smallest absolute Gasteiger partial charge is 0.213 e. The third-order valence-electron chi connectivity index (χ3n) is 1.96. The van der Waals surface area contributed by atoms with Gasteiger partial charge < -0.3 is 9.84 Å². The molecule has 0 unspecified atom stereocenters. The minimum Gasteiger partial charge on any atom is -0.343 e. The van der Waals surface area contributed by atoms with Crippen molar-refractivity contribution in [3.05, 3.63) is 47.9 Å². The Bertz CT molecular complexity index is 416. The third kappa shape index (κ3) is 2.60. The average Bonchev–Trinajstić information content (AvgIpc) is 2.74. The molecule has 4 nitrogen and oxygen atoms in total. The van der Waals surface area contributed by atoms with Crippen molar-refractivity contribution in [2.24, 2.45) is 0 Å². The number of benzene rings is 1. The number of halogens is 1. The lowest BCUT2D eigenvalue weighted by Crippen LogP contribution is -2.14. The Morgan fingerprint density at radius 1 is 1.27 bits per heavy atom. The van der Waals surface area contributed by atoms with Gasteiger partial charge in [0.25, 0.3) is 0 Å². The van der Waals surface area contributed by atoms with Gasteiger partial charge in [0.05, 0.1) is 6.54 Å². The van der Waals surface area contributed by atoms with E-state index in [9.17, 15) is 4.39 Å². The summed E-state index contributed by atoms with van der Waals surface area (Å²) in [6, 6.07) is 6.64. The van der Waals surface area contributed by atoms with Crippen molar-refractivity contribution in [1.82, 2.24) is 15.5 Å². The summed E-state index contributed by atoms with van der Waals surface area (Å²) in [5.41, 5.74) is 0.626. The highest BCUT2D eigenvalue weighted by atomic mass is 19.1. The molecule has 0 bridgehead atoms. The number of nitrogens with zero attached hydrogens (tertiary/aromatic N) is 2. The first-order valence-corrected chi connectivity index (χ1v) is 4.55. The van der Waals surface area contributed by atoms with Crippen LogP contribution in [-0.2, 0) is 13.1 Å². The van der Waals surface area contributed by atoms with E-state index in [0.29, 0.717) is 24.5 Å². The Kier molecular flexibility index (Phi) is 3.04. The maximum absolute atomic E-state index is 13.2. The molecule has 15 heavy (non-hydrogen) atoms. The minimum absolute atomic E-state index is 0.210. The Balaban J connectivity index is 1.86. The summed E-state index contributed by atoms with van der Waals surface area (Å²) >= 11 is 0. The quantitative estimate of drug-likeness (QED) is 0.825. The lowest BCUT2D eigenvalue weighted by Gasteiger charge is -2.02. The normalized spacial score (nSPS) is 10.5. The second-order valence-corrected chi connectivity index (χ2v) is 3.04.